The van der Waals surface area contributed by atoms with Gasteiger partial charge in [0.2, 0.25) is 0 Å². The van der Waals surface area contributed by atoms with Crippen molar-refractivity contribution in [3.63, 3.8) is 0 Å². The number of hydrogen-bond acceptors (Lipinski definition) is 4. The Bertz CT molecular complexity index is 705. The van der Waals surface area contributed by atoms with Crippen LogP contribution in [-0.4, -0.2) is 46.9 Å². The van der Waals surface area contributed by atoms with Crippen LogP contribution in [-0.2, 0) is 13.2 Å². The number of aryl methyl sites for hydroxylation is 1. The first-order chi connectivity index (χ1) is 11.3. The summed E-state index contributed by atoms with van der Waals surface area (Å²) in [7, 11) is 1.38. The molecule has 2 amide bonds. The number of aromatic nitrogens is 2. The van der Waals surface area contributed by atoms with Crippen LogP contribution in [0.25, 0.3) is 0 Å². The predicted octanol–water partition coefficient (Wildman–Crippen LogP) is 2.85. The van der Waals surface area contributed by atoms with Gasteiger partial charge in [-0.15, -0.1) is 11.3 Å². The highest BCUT2D eigenvalue weighted by molar-refractivity contribution is 7.14. The zero-order chi connectivity index (χ0) is 17.3. The Balaban J connectivity index is 1.63. The molecule has 24 heavy (non-hydrogen) atoms. The number of anilines is 2. The van der Waals surface area contributed by atoms with Gasteiger partial charge >= 0.3 is 12.2 Å². The molecule has 0 unspecified atom stereocenters. The third-order valence-electron chi connectivity index (χ3n) is 3.72. The molecule has 0 atom stereocenters. The number of nitrogens with one attached hydrogen (secondary N) is 1. The zero-order valence-electron chi connectivity index (χ0n) is 12.9. The SMILES string of the molecule is Cn1cc(NC(=O)N2CCN(c3cccs3)CC2)c(C(F)(F)F)n1. The van der Waals surface area contributed by atoms with Crippen molar-refractivity contribution in [1.82, 2.24) is 14.7 Å². The highest BCUT2D eigenvalue weighted by Gasteiger charge is 2.38. The van der Waals surface area contributed by atoms with Crippen molar-refractivity contribution in [3.05, 3.63) is 29.4 Å². The molecular formula is C14H16F3N5OS. The number of thiophene rings is 1. The maximum atomic E-state index is 12.9. The summed E-state index contributed by atoms with van der Waals surface area (Å²) in [6, 6.07) is 3.42. The minimum atomic E-state index is -4.61. The van der Waals surface area contributed by atoms with E-state index in [0.717, 1.165) is 15.9 Å². The molecule has 0 aromatic carbocycles. The highest BCUT2D eigenvalue weighted by atomic mass is 32.1. The van der Waals surface area contributed by atoms with Crippen LogP contribution in [0.15, 0.2) is 23.7 Å². The number of halogens is 3. The summed E-state index contributed by atoms with van der Waals surface area (Å²) in [5, 5.41) is 8.81. The molecule has 3 rings (SSSR count). The predicted molar refractivity (Wildman–Crippen MR) is 85.3 cm³/mol. The van der Waals surface area contributed by atoms with E-state index >= 15 is 0 Å². The normalized spacial score (nSPS) is 15.7. The summed E-state index contributed by atoms with van der Waals surface area (Å²) in [4.78, 5) is 15.9. The van der Waals surface area contributed by atoms with E-state index in [1.807, 2.05) is 17.5 Å². The van der Waals surface area contributed by atoms with E-state index < -0.39 is 17.9 Å². The Kier molecular flexibility index (Phi) is 4.39. The van der Waals surface area contributed by atoms with Gasteiger partial charge in [-0.25, -0.2) is 4.79 Å². The topological polar surface area (TPSA) is 53.4 Å². The molecule has 6 nitrogen and oxygen atoms in total. The first-order valence-electron chi connectivity index (χ1n) is 7.30. The first kappa shape index (κ1) is 16.6. The molecule has 0 aliphatic carbocycles. The molecule has 2 aromatic rings. The Hall–Kier alpha value is -2.23. The molecule has 10 heteroatoms. The number of carbonyl (C=O) groups excluding carboxylic acids is 1. The van der Waals surface area contributed by atoms with E-state index in [1.54, 1.807) is 11.3 Å². The zero-order valence-corrected chi connectivity index (χ0v) is 13.7. The Morgan fingerprint density at radius 3 is 2.58 bits per heavy atom. The largest absolute Gasteiger partial charge is 0.437 e. The molecule has 1 aliphatic heterocycles. The molecule has 0 radical (unpaired) electrons. The maximum Gasteiger partial charge on any atom is 0.437 e. The third-order valence-corrected chi connectivity index (χ3v) is 4.65. The molecule has 0 spiro atoms. The van der Waals surface area contributed by atoms with E-state index in [0.29, 0.717) is 26.2 Å². The van der Waals surface area contributed by atoms with Crippen molar-refractivity contribution in [2.24, 2.45) is 7.05 Å². The van der Waals surface area contributed by atoms with E-state index in [9.17, 15) is 18.0 Å². The number of alkyl halides is 3. The van der Waals surface area contributed by atoms with Crippen molar-refractivity contribution >= 4 is 28.1 Å². The fourth-order valence-electron chi connectivity index (χ4n) is 2.56. The van der Waals surface area contributed by atoms with Gasteiger partial charge in [0, 0.05) is 39.4 Å². The maximum absolute atomic E-state index is 12.9. The van der Waals surface area contributed by atoms with E-state index in [1.165, 1.54) is 11.9 Å². The Morgan fingerprint density at radius 2 is 2.00 bits per heavy atom. The Morgan fingerprint density at radius 1 is 1.29 bits per heavy atom. The van der Waals surface area contributed by atoms with Crippen LogP contribution in [0.4, 0.5) is 28.7 Å². The lowest BCUT2D eigenvalue weighted by Gasteiger charge is -2.35. The standard InChI is InChI=1S/C14H16F3N5OS/c1-20-9-10(12(19-20)14(15,16)17)18-13(23)22-6-4-21(5-7-22)11-3-2-8-24-11/h2-3,8-9H,4-7H2,1H3,(H,18,23). The molecule has 2 aromatic heterocycles. The van der Waals surface area contributed by atoms with Crippen LogP contribution in [0, 0.1) is 0 Å². The second kappa shape index (κ2) is 6.34. The highest BCUT2D eigenvalue weighted by Crippen LogP contribution is 2.33. The van der Waals surface area contributed by atoms with Crippen molar-refractivity contribution in [2.45, 2.75) is 6.18 Å². The summed E-state index contributed by atoms with van der Waals surface area (Å²) in [5.41, 5.74) is -1.41. The second-order valence-corrected chi connectivity index (χ2v) is 6.34. The van der Waals surface area contributed by atoms with Crippen molar-refractivity contribution in [3.8, 4) is 0 Å². The molecule has 1 fully saturated rings. The second-order valence-electron chi connectivity index (χ2n) is 5.42. The lowest BCUT2D eigenvalue weighted by atomic mass is 10.3. The number of carbonyl (C=O) groups is 1. The molecule has 130 valence electrons. The molecule has 3 heterocycles. The fraction of sp³-hybridized carbons (Fsp3) is 0.429. The van der Waals surface area contributed by atoms with Crippen molar-refractivity contribution < 1.29 is 18.0 Å². The van der Waals surface area contributed by atoms with Crippen LogP contribution in [0.3, 0.4) is 0 Å². The van der Waals surface area contributed by atoms with Gasteiger partial charge in [0.25, 0.3) is 0 Å². The number of rotatable bonds is 2. The number of amides is 2. The monoisotopic (exact) mass is 359 g/mol. The van der Waals surface area contributed by atoms with Crippen LogP contribution in [0.5, 0.6) is 0 Å². The number of piperazine rings is 1. The molecule has 1 N–H and O–H groups in total. The number of urea groups is 1. The molecule has 0 bridgehead atoms. The van der Waals surface area contributed by atoms with Gasteiger partial charge in [-0.1, -0.05) is 0 Å². The average molecular weight is 359 g/mol. The fourth-order valence-corrected chi connectivity index (χ4v) is 3.35. The van der Waals surface area contributed by atoms with E-state index in [-0.39, 0.29) is 5.69 Å². The van der Waals surface area contributed by atoms with Crippen LogP contribution < -0.4 is 10.2 Å². The van der Waals surface area contributed by atoms with Gasteiger partial charge in [-0.3, -0.25) is 4.68 Å². The summed E-state index contributed by atoms with van der Waals surface area (Å²) < 4.78 is 39.8. The Labute approximate surface area is 140 Å². The van der Waals surface area contributed by atoms with Crippen molar-refractivity contribution in [2.75, 3.05) is 36.4 Å². The van der Waals surface area contributed by atoms with Crippen molar-refractivity contribution in [1.29, 1.82) is 0 Å². The third kappa shape index (κ3) is 3.48. The van der Waals surface area contributed by atoms with E-state index in [4.69, 9.17) is 0 Å². The first-order valence-corrected chi connectivity index (χ1v) is 8.18. The molecule has 1 aliphatic rings. The summed E-state index contributed by atoms with van der Waals surface area (Å²) in [6.07, 6.45) is -3.45. The summed E-state index contributed by atoms with van der Waals surface area (Å²) in [6.45, 7) is 2.19. The van der Waals surface area contributed by atoms with Gasteiger partial charge in [-0.2, -0.15) is 18.3 Å². The van der Waals surface area contributed by atoms with Crippen LogP contribution in [0.1, 0.15) is 5.69 Å². The lowest BCUT2D eigenvalue weighted by molar-refractivity contribution is -0.140. The molecule has 0 saturated carbocycles. The van der Waals surface area contributed by atoms with Gasteiger partial charge in [0.05, 0.1) is 10.7 Å². The molecular weight excluding hydrogens is 343 g/mol. The molecule has 1 saturated heterocycles. The average Bonchev–Trinajstić information content (AvgIpc) is 3.16. The summed E-state index contributed by atoms with van der Waals surface area (Å²) in [5.74, 6) is 0. The lowest BCUT2D eigenvalue weighted by Crippen LogP contribution is -2.50. The smallest absolute Gasteiger partial charge is 0.360 e. The van der Waals surface area contributed by atoms with Crippen LogP contribution >= 0.6 is 11.3 Å². The van der Waals surface area contributed by atoms with Gasteiger partial charge in [-0.05, 0) is 17.5 Å². The number of nitrogens with zero attached hydrogens (tertiary/aromatic N) is 4. The van der Waals surface area contributed by atoms with Gasteiger partial charge in [0.1, 0.15) is 0 Å². The minimum Gasteiger partial charge on any atom is -0.360 e. The number of hydrogen-bond donors (Lipinski definition) is 1. The minimum absolute atomic E-state index is 0.323. The van der Waals surface area contributed by atoms with Gasteiger partial charge < -0.3 is 15.1 Å². The summed E-state index contributed by atoms with van der Waals surface area (Å²) >= 11 is 1.62. The quantitative estimate of drug-likeness (QED) is 0.897. The van der Waals surface area contributed by atoms with E-state index in [2.05, 4.69) is 15.3 Å². The van der Waals surface area contributed by atoms with Gasteiger partial charge in [0.15, 0.2) is 5.69 Å². The van der Waals surface area contributed by atoms with Crippen LogP contribution in [0.2, 0.25) is 0 Å².